The zero-order valence-electron chi connectivity index (χ0n) is 13.9. The lowest BCUT2D eigenvalue weighted by Gasteiger charge is -2.29. The number of anilines is 1. The largest absolute Gasteiger partial charge is 0.464 e. The molecule has 0 aliphatic carbocycles. The Balaban J connectivity index is 1.37. The molecule has 0 unspecified atom stereocenters. The third kappa shape index (κ3) is 3.36. The summed E-state index contributed by atoms with van der Waals surface area (Å²) >= 11 is 0. The number of imidazole rings is 1. The molecule has 0 bridgehead atoms. The number of amides is 2. The Bertz CT molecular complexity index is 885. The van der Waals surface area contributed by atoms with E-state index in [2.05, 4.69) is 15.6 Å². The number of fused-ring (bicyclic) bond motifs is 1. The van der Waals surface area contributed by atoms with E-state index in [1.54, 1.807) is 12.5 Å². The molecule has 1 saturated heterocycles. The second-order valence-corrected chi connectivity index (χ2v) is 6.25. The monoisotopic (exact) mass is 340 g/mol. The minimum atomic E-state index is -0.226. The molecule has 3 heterocycles. The van der Waals surface area contributed by atoms with Crippen molar-refractivity contribution in [1.29, 1.82) is 0 Å². The Morgan fingerprint density at radius 1 is 1.36 bits per heavy atom. The van der Waals surface area contributed by atoms with Crippen LogP contribution >= 0.6 is 0 Å². The summed E-state index contributed by atoms with van der Waals surface area (Å²) in [4.78, 5) is 16.6. The Labute approximate surface area is 145 Å². The molecule has 3 aromatic rings. The van der Waals surface area contributed by atoms with Crippen LogP contribution in [0.4, 0.5) is 10.5 Å². The van der Waals surface area contributed by atoms with Crippen molar-refractivity contribution in [2.24, 2.45) is 7.05 Å². The van der Waals surface area contributed by atoms with Gasteiger partial charge in [-0.2, -0.15) is 0 Å². The topological polar surface area (TPSA) is 81.3 Å². The third-order valence-corrected chi connectivity index (χ3v) is 4.48. The van der Waals surface area contributed by atoms with Gasteiger partial charge in [0, 0.05) is 55.7 Å². The van der Waals surface area contributed by atoms with Crippen LogP contribution in [-0.4, -0.2) is 28.2 Å². The van der Waals surface area contributed by atoms with E-state index < -0.39 is 0 Å². The maximum absolute atomic E-state index is 12.3. The Hall–Kier alpha value is -2.80. The number of nitrogens with one attached hydrogen (secondary N) is 2. The molecule has 130 valence electrons. The van der Waals surface area contributed by atoms with E-state index in [0.29, 0.717) is 18.7 Å². The van der Waals surface area contributed by atoms with E-state index in [4.69, 9.17) is 9.15 Å². The number of furan rings is 1. The van der Waals surface area contributed by atoms with Crippen LogP contribution < -0.4 is 10.6 Å². The molecule has 2 amide bonds. The quantitative estimate of drug-likeness (QED) is 0.767. The summed E-state index contributed by atoms with van der Waals surface area (Å²) in [7, 11) is 1.94. The maximum Gasteiger partial charge on any atom is 0.319 e. The second-order valence-electron chi connectivity index (χ2n) is 6.25. The summed E-state index contributed by atoms with van der Waals surface area (Å²) in [6.45, 7) is 0.598. The highest BCUT2D eigenvalue weighted by molar-refractivity contribution is 5.92. The standard InChI is InChI=1S/C18H20N4O3/c1-22-7-6-19-17(22)16-11-14(5-9-25-16)21-18(23)20-13-3-2-12-4-8-24-15(12)10-13/h2-4,6-8,10,14,16H,5,9,11H2,1H3,(H2,20,21,23)/t14-,16-/m0/s1. The first kappa shape index (κ1) is 15.7. The average Bonchev–Trinajstić information content (AvgIpc) is 3.23. The number of hydrogen-bond acceptors (Lipinski definition) is 4. The number of aromatic nitrogens is 2. The predicted molar refractivity (Wildman–Crippen MR) is 93.3 cm³/mol. The Morgan fingerprint density at radius 3 is 3.12 bits per heavy atom. The van der Waals surface area contributed by atoms with Gasteiger partial charge in [-0.3, -0.25) is 0 Å². The fourth-order valence-electron chi connectivity index (χ4n) is 3.18. The summed E-state index contributed by atoms with van der Waals surface area (Å²) in [5.74, 6) is 0.884. The summed E-state index contributed by atoms with van der Waals surface area (Å²) in [5, 5.41) is 6.89. The summed E-state index contributed by atoms with van der Waals surface area (Å²) < 4.78 is 13.1. The lowest BCUT2D eigenvalue weighted by atomic mass is 10.0. The first-order valence-corrected chi connectivity index (χ1v) is 8.32. The van der Waals surface area contributed by atoms with Gasteiger partial charge in [-0.15, -0.1) is 0 Å². The summed E-state index contributed by atoms with van der Waals surface area (Å²) in [6, 6.07) is 7.30. The zero-order chi connectivity index (χ0) is 17.2. The lowest BCUT2D eigenvalue weighted by molar-refractivity contribution is -0.00410. The minimum Gasteiger partial charge on any atom is -0.464 e. The highest BCUT2D eigenvalue weighted by atomic mass is 16.5. The summed E-state index contributed by atoms with van der Waals surface area (Å²) in [5.41, 5.74) is 1.45. The van der Waals surface area contributed by atoms with Crippen molar-refractivity contribution in [3.8, 4) is 0 Å². The molecule has 2 atom stereocenters. The van der Waals surface area contributed by atoms with Crippen LogP contribution in [0, 0.1) is 0 Å². The van der Waals surface area contributed by atoms with Crippen LogP contribution in [0.15, 0.2) is 47.3 Å². The van der Waals surface area contributed by atoms with Crippen molar-refractivity contribution in [3.63, 3.8) is 0 Å². The number of hydrogen-bond donors (Lipinski definition) is 2. The third-order valence-electron chi connectivity index (χ3n) is 4.48. The highest BCUT2D eigenvalue weighted by Gasteiger charge is 2.27. The Kier molecular flexibility index (Phi) is 4.15. The molecule has 0 saturated carbocycles. The maximum atomic E-state index is 12.3. The van der Waals surface area contributed by atoms with Crippen LogP contribution in [0.2, 0.25) is 0 Å². The van der Waals surface area contributed by atoms with Crippen LogP contribution in [0.5, 0.6) is 0 Å². The van der Waals surface area contributed by atoms with Gasteiger partial charge in [0.25, 0.3) is 0 Å². The molecule has 1 aromatic carbocycles. The van der Waals surface area contributed by atoms with Crippen molar-refractivity contribution in [3.05, 3.63) is 48.7 Å². The molecule has 1 aliphatic rings. The molecule has 1 fully saturated rings. The van der Waals surface area contributed by atoms with Crippen molar-refractivity contribution in [2.45, 2.75) is 25.0 Å². The number of carbonyl (C=O) groups is 1. The second kappa shape index (κ2) is 6.60. The van der Waals surface area contributed by atoms with Gasteiger partial charge in [-0.25, -0.2) is 9.78 Å². The number of urea groups is 1. The lowest BCUT2D eigenvalue weighted by Crippen LogP contribution is -2.42. The minimum absolute atomic E-state index is 0.0443. The molecule has 7 heteroatoms. The molecule has 2 N–H and O–H groups in total. The van der Waals surface area contributed by atoms with Crippen molar-refractivity contribution >= 4 is 22.7 Å². The van der Waals surface area contributed by atoms with E-state index in [9.17, 15) is 4.79 Å². The van der Waals surface area contributed by atoms with E-state index in [-0.39, 0.29) is 18.2 Å². The molecule has 2 aromatic heterocycles. The smallest absolute Gasteiger partial charge is 0.319 e. The van der Waals surface area contributed by atoms with Crippen LogP contribution in [0.1, 0.15) is 24.8 Å². The van der Waals surface area contributed by atoms with Gasteiger partial charge in [-0.05, 0) is 24.6 Å². The van der Waals surface area contributed by atoms with E-state index in [1.165, 1.54) is 0 Å². The number of nitrogens with zero attached hydrogens (tertiary/aromatic N) is 2. The van der Waals surface area contributed by atoms with Gasteiger partial charge in [-0.1, -0.05) is 0 Å². The van der Waals surface area contributed by atoms with Crippen LogP contribution in [0.25, 0.3) is 11.0 Å². The number of rotatable bonds is 3. The molecule has 25 heavy (non-hydrogen) atoms. The van der Waals surface area contributed by atoms with E-state index in [0.717, 1.165) is 23.2 Å². The van der Waals surface area contributed by atoms with Gasteiger partial charge in [0.05, 0.1) is 6.26 Å². The molecular formula is C18H20N4O3. The van der Waals surface area contributed by atoms with Gasteiger partial charge in [0.15, 0.2) is 0 Å². The van der Waals surface area contributed by atoms with Gasteiger partial charge in [0.2, 0.25) is 0 Å². The van der Waals surface area contributed by atoms with Gasteiger partial charge in [0.1, 0.15) is 17.5 Å². The first-order chi connectivity index (χ1) is 12.2. The first-order valence-electron chi connectivity index (χ1n) is 8.32. The van der Waals surface area contributed by atoms with Crippen LogP contribution in [-0.2, 0) is 11.8 Å². The normalized spacial score (nSPS) is 20.5. The number of benzene rings is 1. The fourth-order valence-corrected chi connectivity index (χ4v) is 3.18. The SMILES string of the molecule is Cn1ccnc1[C@@H]1C[C@@H](NC(=O)Nc2ccc3ccoc3c2)CCO1. The predicted octanol–water partition coefficient (Wildman–Crippen LogP) is 3.21. The van der Waals surface area contributed by atoms with E-state index in [1.807, 2.05) is 42.1 Å². The highest BCUT2D eigenvalue weighted by Crippen LogP contribution is 2.27. The Morgan fingerprint density at radius 2 is 2.28 bits per heavy atom. The number of aryl methyl sites for hydroxylation is 1. The van der Waals surface area contributed by atoms with Crippen LogP contribution in [0.3, 0.4) is 0 Å². The molecule has 1 aliphatic heterocycles. The number of carbonyl (C=O) groups excluding carboxylic acids is 1. The average molecular weight is 340 g/mol. The zero-order valence-corrected chi connectivity index (χ0v) is 13.9. The molecule has 7 nitrogen and oxygen atoms in total. The van der Waals surface area contributed by atoms with Gasteiger partial charge < -0.3 is 24.4 Å². The molecule has 4 rings (SSSR count). The number of ether oxygens (including phenoxy) is 1. The fraction of sp³-hybridized carbons (Fsp3) is 0.333. The molecule has 0 radical (unpaired) electrons. The molecular weight excluding hydrogens is 320 g/mol. The van der Waals surface area contributed by atoms with Crippen molar-refractivity contribution in [2.75, 3.05) is 11.9 Å². The van der Waals surface area contributed by atoms with Crippen molar-refractivity contribution < 1.29 is 13.9 Å². The van der Waals surface area contributed by atoms with E-state index >= 15 is 0 Å². The van der Waals surface area contributed by atoms with Crippen molar-refractivity contribution in [1.82, 2.24) is 14.9 Å². The summed E-state index contributed by atoms with van der Waals surface area (Å²) in [6.07, 6.45) is 6.68. The van der Waals surface area contributed by atoms with Gasteiger partial charge >= 0.3 is 6.03 Å². The molecule has 0 spiro atoms.